The molecule has 0 aromatic heterocycles. The Bertz CT molecular complexity index is 316. The average Bonchev–Trinajstić information content (AvgIpc) is 2.70. The summed E-state index contributed by atoms with van der Waals surface area (Å²) in [6.45, 7) is 4.42. The third-order valence-corrected chi connectivity index (χ3v) is 2.97. The van der Waals surface area contributed by atoms with Crippen molar-refractivity contribution in [3.05, 3.63) is 34.9 Å². The summed E-state index contributed by atoms with van der Waals surface area (Å²) >= 11 is 0. The largest absolute Gasteiger partial charge is 0.392 e. The van der Waals surface area contributed by atoms with Crippen molar-refractivity contribution < 1.29 is 5.11 Å². The Morgan fingerprint density at radius 3 is 3.00 bits per heavy atom. The standard InChI is InChI=1S/C12H17NO/c1-9-2-3-11(8-14)12(6-9)10-4-5-13-7-10/h2-3,6,10,13-14H,4-5,7-8H2,1H3. The molecule has 0 aliphatic carbocycles. The van der Waals surface area contributed by atoms with Crippen LogP contribution in [0.4, 0.5) is 0 Å². The minimum Gasteiger partial charge on any atom is -0.392 e. The van der Waals surface area contributed by atoms with Crippen molar-refractivity contribution in [3.8, 4) is 0 Å². The lowest BCUT2D eigenvalue weighted by Crippen LogP contribution is -2.09. The van der Waals surface area contributed by atoms with E-state index in [0.29, 0.717) is 5.92 Å². The van der Waals surface area contributed by atoms with Crippen LogP contribution >= 0.6 is 0 Å². The fourth-order valence-electron chi connectivity index (χ4n) is 2.16. The van der Waals surface area contributed by atoms with Crippen molar-refractivity contribution in [2.24, 2.45) is 0 Å². The summed E-state index contributed by atoms with van der Waals surface area (Å²) in [4.78, 5) is 0. The van der Waals surface area contributed by atoms with Crippen molar-refractivity contribution in [1.29, 1.82) is 0 Å². The van der Waals surface area contributed by atoms with Crippen LogP contribution in [0.1, 0.15) is 29.0 Å². The quantitative estimate of drug-likeness (QED) is 0.743. The van der Waals surface area contributed by atoms with Gasteiger partial charge in [0.05, 0.1) is 6.61 Å². The van der Waals surface area contributed by atoms with Gasteiger partial charge in [0.15, 0.2) is 0 Å². The van der Waals surface area contributed by atoms with Gasteiger partial charge in [-0.3, -0.25) is 0 Å². The van der Waals surface area contributed by atoms with Crippen LogP contribution in [0.2, 0.25) is 0 Å². The van der Waals surface area contributed by atoms with Crippen LogP contribution in [0.25, 0.3) is 0 Å². The first-order valence-electron chi connectivity index (χ1n) is 5.22. The molecular formula is C12H17NO. The smallest absolute Gasteiger partial charge is 0.0684 e. The van der Waals surface area contributed by atoms with E-state index in [2.05, 4.69) is 24.4 Å². The number of rotatable bonds is 2. The number of aryl methyl sites for hydroxylation is 1. The van der Waals surface area contributed by atoms with Crippen LogP contribution in [0.15, 0.2) is 18.2 Å². The van der Waals surface area contributed by atoms with Gasteiger partial charge in [-0.1, -0.05) is 23.8 Å². The highest BCUT2D eigenvalue weighted by atomic mass is 16.3. The van der Waals surface area contributed by atoms with Gasteiger partial charge in [0.25, 0.3) is 0 Å². The van der Waals surface area contributed by atoms with Crippen molar-refractivity contribution in [3.63, 3.8) is 0 Å². The Balaban J connectivity index is 2.33. The molecule has 0 spiro atoms. The number of aliphatic hydroxyl groups excluding tert-OH is 1. The van der Waals surface area contributed by atoms with Gasteiger partial charge in [0, 0.05) is 6.54 Å². The van der Waals surface area contributed by atoms with Crippen LogP contribution in [0.3, 0.4) is 0 Å². The molecule has 2 nitrogen and oxygen atoms in total. The maximum Gasteiger partial charge on any atom is 0.0684 e. The highest BCUT2D eigenvalue weighted by Crippen LogP contribution is 2.26. The molecule has 1 fully saturated rings. The number of hydrogen-bond donors (Lipinski definition) is 2. The van der Waals surface area contributed by atoms with Crippen LogP contribution < -0.4 is 5.32 Å². The van der Waals surface area contributed by atoms with Crippen LogP contribution in [-0.2, 0) is 6.61 Å². The molecule has 0 radical (unpaired) electrons. The minimum absolute atomic E-state index is 0.159. The van der Waals surface area contributed by atoms with Crippen molar-refractivity contribution in [2.75, 3.05) is 13.1 Å². The van der Waals surface area contributed by atoms with E-state index in [1.54, 1.807) is 0 Å². The van der Waals surface area contributed by atoms with E-state index in [9.17, 15) is 5.11 Å². The number of hydrogen-bond acceptors (Lipinski definition) is 2. The number of nitrogens with one attached hydrogen (secondary N) is 1. The first-order valence-corrected chi connectivity index (χ1v) is 5.22. The molecule has 1 aliphatic heterocycles. The summed E-state index contributed by atoms with van der Waals surface area (Å²) < 4.78 is 0. The van der Waals surface area contributed by atoms with Gasteiger partial charge in [-0.2, -0.15) is 0 Å². The second kappa shape index (κ2) is 4.11. The molecule has 0 amide bonds. The summed E-state index contributed by atoms with van der Waals surface area (Å²) in [7, 11) is 0. The Hall–Kier alpha value is -0.860. The molecule has 1 heterocycles. The van der Waals surface area contributed by atoms with Crippen LogP contribution in [-0.4, -0.2) is 18.2 Å². The molecular weight excluding hydrogens is 174 g/mol. The highest BCUT2D eigenvalue weighted by molar-refractivity contribution is 5.34. The van der Waals surface area contributed by atoms with E-state index >= 15 is 0 Å². The van der Waals surface area contributed by atoms with Gasteiger partial charge in [-0.15, -0.1) is 0 Å². The molecule has 1 aromatic carbocycles. The Morgan fingerprint density at radius 1 is 1.50 bits per heavy atom. The van der Waals surface area contributed by atoms with E-state index in [-0.39, 0.29) is 6.61 Å². The predicted octanol–water partition coefficient (Wildman–Crippen LogP) is 1.56. The first-order chi connectivity index (χ1) is 6.81. The summed E-state index contributed by atoms with van der Waals surface area (Å²) in [5, 5.41) is 12.6. The topological polar surface area (TPSA) is 32.3 Å². The fraction of sp³-hybridized carbons (Fsp3) is 0.500. The van der Waals surface area contributed by atoms with E-state index in [1.807, 2.05) is 6.07 Å². The Kier molecular flexibility index (Phi) is 2.85. The molecule has 0 saturated carbocycles. The molecule has 1 atom stereocenters. The lowest BCUT2D eigenvalue weighted by atomic mass is 9.92. The summed E-state index contributed by atoms with van der Waals surface area (Å²) in [6.07, 6.45) is 1.19. The zero-order valence-electron chi connectivity index (χ0n) is 8.59. The van der Waals surface area contributed by atoms with E-state index in [4.69, 9.17) is 0 Å². The van der Waals surface area contributed by atoms with Crippen LogP contribution in [0.5, 0.6) is 0 Å². The summed E-state index contributed by atoms with van der Waals surface area (Å²) in [5.74, 6) is 0.594. The van der Waals surface area contributed by atoms with Crippen molar-refractivity contribution in [2.45, 2.75) is 25.9 Å². The third kappa shape index (κ3) is 1.81. The van der Waals surface area contributed by atoms with Gasteiger partial charge in [0.1, 0.15) is 0 Å². The molecule has 76 valence electrons. The van der Waals surface area contributed by atoms with Gasteiger partial charge >= 0.3 is 0 Å². The molecule has 1 unspecified atom stereocenters. The molecule has 1 aliphatic rings. The van der Waals surface area contributed by atoms with Crippen molar-refractivity contribution in [1.82, 2.24) is 5.32 Å². The zero-order chi connectivity index (χ0) is 9.97. The second-order valence-electron chi connectivity index (χ2n) is 4.05. The summed E-state index contributed by atoms with van der Waals surface area (Å²) in [6, 6.07) is 6.32. The average molecular weight is 191 g/mol. The van der Waals surface area contributed by atoms with Gasteiger partial charge in [0.2, 0.25) is 0 Å². The SMILES string of the molecule is Cc1ccc(CO)c(C2CCNC2)c1. The normalized spacial score (nSPS) is 21.4. The Labute approximate surface area is 85.0 Å². The molecule has 2 N–H and O–H groups in total. The van der Waals surface area contributed by atoms with Crippen LogP contribution in [0, 0.1) is 6.92 Å². The summed E-state index contributed by atoms with van der Waals surface area (Å²) in [5.41, 5.74) is 3.70. The zero-order valence-corrected chi connectivity index (χ0v) is 8.59. The number of aliphatic hydroxyl groups is 1. The maximum atomic E-state index is 9.25. The Morgan fingerprint density at radius 2 is 2.36 bits per heavy atom. The molecule has 2 rings (SSSR count). The van der Waals surface area contributed by atoms with Gasteiger partial charge in [-0.05, 0) is 36.9 Å². The number of benzene rings is 1. The third-order valence-electron chi connectivity index (χ3n) is 2.97. The van der Waals surface area contributed by atoms with Gasteiger partial charge < -0.3 is 10.4 Å². The van der Waals surface area contributed by atoms with E-state index < -0.39 is 0 Å². The second-order valence-corrected chi connectivity index (χ2v) is 4.05. The molecule has 2 heteroatoms. The maximum absolute atomic E-state index is 9.25. The molecule has 14 heavy (non-hydrogen) atoms. The lowest BCUT2D eigenvalue weighted by molar-refractivity contribution is 0.280. The molecule has 1 aromatic rings. The molecule has 0 bridgehead atoms. The van der Waals surface area contributed by atoms with Gasteiger partial charge in [-0.25, -0.2) is 0 Å². The van der Waals surface area contributed by atoms with Crippen molar-refractivity contribution >= 4 is 0 Å². The van der Waals surface area contributed by atoms with E-state index in [0.717, 1.165) is 18.7 Å². The minimum atomic E-state index is 0.159. The highest BCUT2D eigenvalue weighted by Gasteiger charge is 2.18. The predicted molar refractivity (Wildman–Crippen MR) is 57.3 cm³/mol. The van der Waals surface area contributed by atoms with E-state index in [1.165, 1.54) is 17.5 Å². The fourth-order valence-corrected chi connectivity index (χ4v) is 2.16. The first kappa shape index (κ1) is 9.69. The monoisotopic (exact) mass is 191 g/mol. The lowest BCUT2D eigenvalue weighted by Gasteiger charge is -2.14. The molecule has 1 saturated heterocycles.